The molecule has 2 unspecified atom stereocenters. The lowest BCUT2D eigenvalue weighted by Gasteiger charge is -2.20. The molecule has 1 amide bonds. The number of carbonyl (C=O) groups is 2. The number of allylic oxidation sites excluding steroid dienone is 7. The molecule has 0 bridgehead atoms. The molecule has 0 saturated carbocycles. The van der Waals surface area contributed by atoms with Crippen molar-refractivity contribution in [2.24, 2.45) is 0 Å². The van der Waals surface area contributed by atoms with Crippen LogP contribution in [-0.2, 0) is 14.3 Å². The van der Waals surface area contributed by atoms with Gasteiger partial charge >= 0.3 is 5.97 Å². The molecule has 0 rings (SSSR count). The topological polar surface area (TPSA) is 95.9 Å². The van der Waals surface area contributed by atoms with Gasteiger partial charge < -0.3 is 20.3 Å². The van der Waals surface area contributed by atoms with Crippen LogP contribution in [0.4, 0.5) is 0 Å². The van der Waals surface area contributed by atoms with E-state index < -0.39 is 12.1 Å². The van der Waals surface area contributed by atoms with Crippen molar-refractivity contribution < 1.29 is 24.5 Å². The third kappa shape index (κ3) is 49.1. The molecular weight excluding hydrogens is 779 g/mol. The fourth-order valence-corrected chi connectivity index (χ4v) is 8.07. The van der Waals surface area contributed by atoms with Crippen LogP contribution in [0.3, 0.4) is 0 Å². The summed E-state index contributed by atoms with van der Waals surface area (Å²) in [6, 6.07) is -0.650. The highest BCUT2D eigenvalue weighted by molar-refractivity contribution is 5.76. The lowest BCUT2D eigenvalue weighted by Crippen LogP contribution is -2.45. The van der Waals surface area contributed by atoms with Crippen molar-refractivity contribution in [3.63, 3.8) is 0 Å². The molecule has 0 radical (unpaired) electrons. The molecule has 0 heterocycles. The number of rotatable bonds is 50. The summed E-state index contributed by atoms with van der Waals surface area (Å²) in [4.78, 5) is 24.5. The number of nitrogens with one attached hydrogen (secondary N) is 1. The molecule has 63 heavy (non-hydrogen) atoms. The standard InChI is InChI=1S/C57H105NO5/c1-3-5-7-9-11-13-15-17-19-21-22-23-25-27-31-35-39-43-47-51-57(62)63-52-48-44-40-36-32-28-30-34-38-42-46-50-56(61)58-54(53-59)55(60)49-45-41-37-33-29-26-24-20-18-16-14-12-10-8-6-4-2/h11,13,17,19,32,36,45,49,54-55,59-60H,3-10,12,14-16,18,20-31,33-35,37-44,46-48,50-53H2,1-2H3,(H,58,61)/b13-11-,19-17-,36-32-,49-45+. The van der Waals surface area contributed by atoms with E-state index in [1.54, 1.807) is 6.08 Å². The van der Waals surface area contributed by atoms with Gasteiger partial charge in [0.25, 0.3) is 0 Å². The molecule has 0 aliphatic heterocycles. The van der Waals surface area contributed by atoms with Gasteiger partial charge in [-0.25, -0.2) is 0 Å². The molecule has 0 saturated heterocycles. The van der Waals surface area contributed by atoms with Gasteiger partial charge in [-0.05, 0) is 89.9 Å². The lowest BCUT2D eigenvalue weighted by molar-refractivity contribution is -0.143. The number of unbranched alkanes of at least 4 members (excludes halogenated alkanes) is 33. The molecule has 2 atom stereocenters. The van der Waals surface area contributed by atoms with Gasteiger partial charge in [0.1, 0.15) is 0 Å². The van der Waals surface area contributed by atoms with Crippen molar-refractivity contribution >= 4 is 11.9 Å². The number of esters is 1. The molecule has 3 N–H and O–H groups in total. The molecule has 0 spiro atoms. The summed E-state index contributed by atoms with van der Waals surface area (Å²) in [6.07, 6.45) is 65.5. The maximum atomic E-state index is 12.4. The highest BCUT2D eigenvalue weighted by atomic mass is 16.5. The van der Waals surface area contributed by atoms with E-state index in [-0.39, 0.29) is 18.5 Å². The Morgan fingerprint density at radius 3 is 1.25 bits per heavy atom. The van der Waals surface area contributed by atoms with E-state index >= 15 is 0 Å². The summed E-state index contributed by atoms with van der Waals surface area (Å²) in [5, 5.41) is 23.1. The van der Waals surface area contributed by atoms with Gasteiger partial charge in [-0.15, -0.1) is 0 Å². The Balaban J connectivity index is 3.54. The number of carbonyl (C=O) groups excluding carboxylic acids is 2. The molecule has 0 aliphatic carbocycles. The van der Waals surface area contributed by atoms with Crippen molar-refractivity contribution in [1.29, 1.82) is 0 Å². The van der Waals surface area contributed by atoms with Crippen molar-refractivity contribution in [3.05, 3.63) is 48.6 Å². The Bertz CT molecular complexity index is 1070. The van der Waals surface area contributed by atoms with Crippen LogP contribution in [-0.4, -0.2) is 47.4 Å². The lowest BCUT2D eigenvalue weighted by atomic mass is 10.0. The average Bonchev–Trinajstić information content (AvgIpc) is 3.28. The van der Waals surface area contributed by atoms with Crippen LogP contribution >= 0.6 is 0 Å². The third-order valence-electron chi connectivity index (χ3n) is 12.3. The van der Waals surface area contributed by atoms with Gasteiger partial charge in [0, 0.05) is 12.8 Å². The quantitative estimate of drug-likeness (QED) is 0.0321. The molecule has 6 nitrogen and oxygen atoms in total. The van der Waals surface area contributed by atoms with E-state index in [2.05, 4.69) is 55.6 Å². The minimum Gasteiger partial charge on any atom is -0.466 e. The van der Waals surface area contributed by atoms with Gasteiger partial charge in [-0.2, -0.15) is 0 Å². The first-order chi connectivity index (χ1) is 31.0. The van der Waals surface area contributed by atoms with Crippen LogP contribution in [0.5, 0.6) is 0 Å². The van der Waals surface area contributed by atoms with Crippen LogP contribution < -0.4 is 5.32 Å². The van der Waals surface area contributed by atoms with Crippen LogP contribution in [0.25, 0.3) is 0 Å². The maximum Gasteiger partial charge on any atom is 0.305 e. The highest BCUT2D eigenvalue weighted by Crippen LogP contribution is 2.15. The molecule has 0 aromatic heterocycles. The SMILES string of the molecule is CCCCC/C=C\C/C=C\CCCCCCCCCCCC(=O)OCCCC/C=C\CCCCCCCC(=O)NC(CO)C(O)/C=C/CCCCCCCCCCCCCCCC. The van der Waals surface area contributed by atoms with Gasteiger partial charge in [-0.1, -0.05) is 223 Å². The average molecular weight is 884 g/mol. The number of ether oxygens (including phenoxy) is 1. The Morgan fingerprint density at radius 2 is 0.794 bits per heavy atom. The molecule has 0 aliphatic rings. The van der Waals surface area contributed by atoms with E-state index in [4.69, 9.17) is 4.74 Å². The van der Waals surface area contributed by atoms with E-state index in [1.165, 1.54) is 161 Å². The predicted molar refractivity (Wildman–Crippen MR) is 273 cm³/mol. The Hall–Kier alpha value is -2.18. The summed E-state index contributed by atoms with van der Waals surface area (Å²) in [5.74, 6) is -0.135. The molecule has 368 valence electrons. The van der Waals surface area contributed by atoms with Gasteiger partial charge in [0.15, 0.2) is 0 Å². The first kappa shape index (κ1) is 60.8. The first-order valence-corrected chi connectivity index (χ1v) is 27.4. The van der Waals surface area contributed by atoms with Crippen LogP contribution in [0.1, 0.15) is 277 Å². The smallest absolute Gasteiger partial charge is 0.305 e. The molecule has 6 heteroatoms. The second-order valence-corrected chi connectivity index (χ2v) is 18.5. The Labute approximate surface area is 391 Å². The summed E-state index contributed by atoms with van der Waals surface area (Å²) in [7, 11) is 0. The first-order valence-electron chi connectivity index (χ1n) is 27.4. The van der Waals surface area contributed by atoms with Crippen LogP contribution in [0, 0.1) is 0 Å². The molecule has 0 aromatic rings. The Morgan fingerprint density at radius 1 is 0.444 bits per heavy atom. The van der Waals surface area contributed by atoms with Gasteiger partial charge in [0.2, 0.25) is 5.91 Å². The Kier molecular flexibility index (Phi) is 50.6. The minimum atomic E-state index is -0.864. The van der Waals surface area contributed by atoms with Gasteiger partial charge in [-0.3, -0.25) is 9.59 Å². The number of hydrogen-bond acceptors (Lipinski definition) is 5. The zero-order valence-electron chi connectivity index (χ0n) is 41.8. The van der Waals surface area contributed by atoms with Crippen molar-refractivity contribution in [3.8, 4) is 0 Å². The fraction of sp³-hybridized carbons (Fsp3) is 0.825. The summed E-state index contributed by atoms with van der Waals surface area (Å²) >= 11 is 0. The number of hydrogen-bond donors (Lipinski definition) is 3. The highest BCUT2D eigenvalue weighted by Gasteiger charge is 2.18. The van der Waals surface area contributed by atoms with Crippen LogP contribution in [0.2, 0.25) is 0 Å². The number of amides is 1. The van der Waals surface area contributed by atoms with E-state index in [0.29, 0.717) is 19.4 Å². The molecule has 0 aromatic carbocycles. The van der Waals surface area contributed by atoms with Crippen molar-refractivity contribution in [2.45, 2.75) is 289 Å². The number of aliphatic hydroxyl groups is 2. The number of aliphatic hydroxyl groups excluding tert-OH is 2. The fourth-order valence-electron chi connectivity index (χ4n) is 8.07. The second-order valence-electron chi connectivity index (χ2n) is 18.5. The zero-order chi connectivity index (χ0) is 45.8. The third-order valence-corrected chi connectivity index (χ3v) is 12.3. The van der Waals surface area contributed by atoms with Crippen molar-refractivity contribution in [1.82, 2.24) is 5.32 Å². The molecular formula is C57H105NO5. The van der Waals surface area contributed by atoms with Crippen LogP contribution in [0.15, 0.2) is 48.6 Å². The summed E-state index contributed by atoms with van der Waals surface area (Å²) < 4.78 is 5.45. The van der Waals surface area contributed by atoms with Gasteiger partial charge in [0.05, 0.1) is 25.4 Å². The van der Waals surface area contributed by atoms with Crippen molar-refractivity contribution in [2.75, 3.05) is 13.2 Å². The van der Waals surface area contributed by atoms with E-state index in [0.717, 1.165) is 89.9 Å². The summed E-state index contributed by atoms with van der Waals surface area (Å²) in [6.45, 7) is 4.80. The minimum absolute atomic E-state index is 0.0373. The zero-order valence-corrected chi connectivity index (χ0v) is 41.8. The second kappa shape index (κ2) is 52.4. The maximum absolute atomic E-state index is 12.4. The summed E-state index contributed by atoms with van der Waals surface area (Å²) in [5.41, 5.74) is 0. The largest absolute Gasteiger partial charge is 0.466 e. The normalized spacial score (nSPS) is 13.0. The predicted octanol–water partition coefficient (Wildman–Crippen LogP) is 16.6. The van der Waals surface area contributed by atoms with E-state index in [1.807, 2.05) is 6.08 Å². The van der Waals surface area contributed by atoms with E-state index in [9.17, 15) is 19.8 Å². The monoisotopic (exact) mass is 884 g/mol. The molecule has 0 fully saturated rings.